The lowest BCUT2D eigenvalue weighted by atomic mass is 9.55. The van der Waals surface area contributed by atoms with E-state index in [0.29, 0.717) is 0 Å². The molecule has 4 rings (SSSR count). The topological polar surface area (TPSA) is 20.2 Å². The highest BCUT2D eigenvalue weighted by Crippen LogP contribution is 2.60. The fourth-order valence-corrected chi connectivity index (χ4v) is 5.65. The van der Waals surface area contributed by atoms with Crippen LogP contribution < -0.4 is 0 Å². The summed E-state index contributed by atoms with van der Waals surface area (Å²) in [5.74, 6) is 2.34. The zero-order chi connectivity index (χ0) is 13.7. The normalized spacial score (nSPS) is 46.7. The standard InChI is InChI=1S/C19H26O/c1-19-12-11-15-14-6-4-2-3-5-13(14)7-8-16(15)17(19)9-10-18(19)20/h3-6,15-18,20H,2,7-12H2,1H3/t15?,16?,17?,18?,19-/m0/s1. The average molecular weight is 270 g/mol. The summed E-state index contributed by atoms with van der Waals surface area (Å²) in [4.78, 5) is 0. The molecule has 0 heterocycles. The number of fused-ring (bicyclic) bond motifs is 4. The van der Waals surface area contributed by atoms with Gasteiger partial charge < -0.3 is 5.11 Å². The van der Waals surface area contributed by atoms with Crippen molar-refractivity contribution in [2.45, 2.75) is 58.0 Å². The maximum absolute atomic E-state index is 10.4. The van der Waals surface area contributed by atoms with Crippen LogP contribution in [-0.2, 0) is 0 Å². The van der Waals surface area contributed by atoms with Crippen molar-refractivity contribution in [1.29, 1.82) is 0 Å². The molecular formula is C19H26O. The Kier molecular flexibility index (Phi) is 2.96. The summed E-state index contributed by atoms with van der Waals surface area (Å²) in [6.07, 6.45) is 17.9. The predicted molar refractivity (Wildman–Crippen MR) is 82.2 cm³/mol. The van der Waals surface area contributed by atoms with Crippen LogP contribution in [0.2, 0.25) is 0 Å². The summed E-state index contributed by atoms with van der Waals surface area (Å²) in [5.41, 5.74) is 3.45. The molecule has 2 fully saturated rings. The van der Waals surface area contributed by atoms with Crippen molar-refractivity contribution in [1.82, 2.24) is 0 Å². The molecule has 5 atom stereocenters. The third kappa shape index (κ3) is 1.72. The highest BCUT2D eigenvalue weighted by molar-refractivity contribution is 5.40. The van der Waals surface area contributed by atoms with Crippen LogP contribution in [0, 0.1) is 23.2 Å². The molecule has 0 aromatic heterocycles. The molecule has 1 nitrogen and oxygen atoms in total. The molecule has 4 aliphatic carbocycles. The molecule has 0 spiro atoms. The molecule has 0 aromatic carbocycles. The van der Waals surface area contributed by atoms with Crippen LogP contribution in [0.15, 0.2) is 35.5 Å². The van der Waals surface area contributed by atoms with E-state index in [1.165, 1.54) is 32.1 Å². The Morgan fingerprint density at radius 2 is 1.95 bits per heavy atom. The molecule has 4 unspecified atom stereocenters. The molecule has 1 heteroatoms. The van der Waals surface area contributed by atoms with E-state index < -0.39 is 0 Å². The van der Waals surface area contributed by atoms with Gasteiger partial charge in [0, 0.05) is 0 Å². The third-order valence-electron chi connectivity index (χ3n) is 6.79. The second kappa shape index (κ2) is 4.59. The van der Waals surface area contributed by atoms with E-state index in [0.717, 1.165) is 30.6 Å². The summed E-state index contributed by atoms with van der Waals surface area (Å²) in [7, 11) is 0. The second-order valence-corrected chi connectivity index (χ2v) is 7.57. The number of rotatable bonds is 0. The minimum Gasteiger partial charge on any atom is -0.393 e. The highest BCUT2D eigenvalue weighted by atomic mass is 16.3. The van der Waals surface area contributed by atoms with Crippen molar-refractivity contribution in [3.8, 4) is 0 Å². The first-order valence-corrected chi connectivity index (χ1v) is 8.44. The first kappa shape index (κ1) is 12.9. The van der Waals surface area contributed by atoms with Crippen molar-refractivity contribution in [2.75, 3.05) is 0 Å². The molecule has 4 aliphatic rings. The largest absolute Gasteiger partial charge is 0.393 e. The Balaban J connectivity index is 1.70. The average Bonchev–Trinajstić information content (AvgIpc) is 2.65. The van der Waals surface area contributed by atoms with Gasteiger partial charge in [0.2, 0.25) is 0 Å². The van der Waals surface area contributed by atoms with Crippen LogP contribution in [0.5, 0.6) is 0 Å². The Morgan fingerprint density at radius 3 is 2.85 bits per heavy atom. The lowest BCUT2D eigenvalue weighted by Gasteiger charge is -2.50. The van der Waals surface area contributed by atoms with E-state index in [1.54, 1.807) is 11.1 Å². The molecule has 0 aliphatic heterocycles. The smallest absolute Gasteiger partial charge is 0.0596 e. The number of hydrogen-bond donors (Lipinski definition) is 1. The van der Waals surface area contributed by atoms with E-state index in [2.05, 4.69) is 31.2 Å². The highest BCUT2D eigenvalue weighted by Gasteiger charge is 2.54. The predicted octanol–water partition coefficient (Wildman–Crippen LogP) is 4.40. The molecule has 0 radical (unpaired) electrons. The van der Waals surface area contributed by atoms with Crippen molar-refractivity contribution < 1.29 is 5.11 Å². The minimum atomic E-state index is -0.0478. The van der Waals surface area contributed by atoms with Gasteiger partial charge >= 0.3 is 0 Å². The van der Waals surface area contributed by atoms with Crippen LogP contribution in [0.25, 0.3) is 0 Å². The van der Waals surface area contributed by atoms with E-state index in [4.69, 9.17) is 0 Å². The summed E-state index contributed by atoms with van der Waals surface area (Å²) < 4.78 is 0. The Labute approximate surface area is 122 Å². The van der Waals surface area contributed by atoms with Gasteiger partial charge in [0.05, 0.1) is 6.10 Å². The maximum Gasteiger partial charge on any atom is 0.0596 e. The van der Waals surface area contributed by atoms with Gasteiger partial charge in [-0.1, -0.05) is 31.2 Å². The maximum atomic E-state index is 10.4. The van der Waals surface area contributed by atoms with Gasteiger partial charge in [0.25, 0.3) is 0 Å². The fraction of sp³-hybridized carbons (Fsp3) is 0.684. The van der Waals surface area contributed by atoms with Crippen molar-refractivity contribution in [2.24, 2.45) is 23.2 Å². The lowest BCUT2D eigenvalue weighted by Crippen LogP contribution is -2.44. The van der Waals surface area contributed by atoms with Gasteiger partial charge in [-0.25, -0.2) is 0 Å². The number of aliphatic hydroxyl groups excluding tert-OH is 1. The van der Waals surface area contributed by atoms with Crippen LogP contribution in [-0.4, -0.2) is 11.2 Å². The zero-order valence-corrected chi connectivity index (χ0v) is 12.5. The molecule has 20 heavy (non-hydrogen) atoms. The van der Waals surface area contributed by atoms with Crippen LogP contribution >= 0.6 is 0 Å². The molecule has 0 saturated heterocycles. The lowest BCUT2D eigenvalue weighted by molar-refractivity contribution is -0.0296. The van der Waals surface area contributed by atoms with E-state index >= 15 is 0 Å². The first-order chi connectivity index (χ1) is 9.70. The van der Waals surface area contributed by atoms with E-state index in [1.807, 2.05) is 0 Å². The van der Waals surface area contributed by atoms with Gasteiger partial charge in [-0.05, 0) is 79.3 Å². The van der Waals surface area contributed by atoms with Gasteiger partial charge in [-0.15, -0.1) is 0 Å². The Morgan fingerprint density at radius 1 is 1.10 bits per heavy atom. The Hall–Kier alpha value is -0.820. The van der Waals surface area contributed by atoms with Gasteiger partial charge in [0.15, 0.2) is 0 Å². The molecule has 0 amide bonds. The second-order valence-electron chi connectivity index (χ2n) is 7.57. The summed E-state index contributed by atoms with van der Waals surface area (Å²) in [6.45, 7) is 2.36. The molecule has 108 valence electrons. The van der Waals surface area contributed by atoms with Gasteiger partial charge in [-0.2, -0.15) is 0 Å². The van der Waals surface area contributed by atoms with Gasteiger partial charge in [0.1, 0.15) is 0 Å². The molecule has 1 N–H and O–H groups in total. The van der Waals surface area contributed by atoms with Crippen molar-refractivity contribution in [3.63, 3.8) is 0 Å². The van der Waals surface area contributed by atoms with Crippen LogP contribution in [0.4, 0.5) is 0 Å². The van der Waals surface area contributed by atoms with Crippen molar-refractivity contribution >= 4 is 0 Å². The van der Waals surface area contributed by atoms with Crippen LogP contribution in [0.1, 0.15) is 51.9 Å². The summed E-state index contributed by atoms with van der Waals surface area (Å²) in [5, 5.41) is 10.4. The molecule has 0 aromatic rings. The van der Waals surface area contributed by atoms with Gasteiger partial charge in [-0.3, -0.25) is 0 Å². The molecular weight excluding hydrogens is 244 g/mol. The molecule has 2 saturated carbocycles. The third-order valence-corrected chi connectivity index (χ3v) is 6.79. The monoisotopic (exact) mass is 270 g/mol. The molecule has 0 bridgehead atoms. The summed E-state index contributed by atoms with van der Waals surface area (Å²) >= 11 is 0. The zero-order valence-electron chi connectivity index (χ0n) is 12.5. The SMILES string of the molecule is C[C@]12CCC3C4=C(C=CCC=C4)CCC3C1CCC2O. The number of hydrogen-bond acceptors (Lipinski definition) is 1. The first-order valence-electron chi connectivity index (χ1n) is 8.44. The fourth-order valence-electron chi connectivity index (χ4n) is 5.65. The Bertz CT molecular complexity index is 498. The van der Waals surface area contributed by atoms with E-state index in [-0.39, 0.29) is 11.5 Å². The number of aliphatic hydroxyl groups is 1. The number of allylic oxidation sites excluding steroid dienone is 6. The quantitative estimate of drug-likeness (QED) is 0.692. The minimum absolute atomic E-state index is 0.0478. The summed E-state index contributed by atoms with van der Waals surface area (Å²) in [6, 6.07) is 0. The van der Waals surface area contributed by atoms with E-state index in [9.17, 15) is 5.11 Å². The van der Waals surface area contributed by atoms with Crippen molar-refractivity contribution in [3.05, 3.63) is 35.5 Å². The van der Waals surface area contributed by atoms with Crippen LogP contribution in [0.3, 0.4) is 0 Å².